The molecule has 0 saturated heterocycles. The van der Waals surface area contributed by atoms with E-state index in [1.807, 2.05) is 48.5 Å². The van der Waals surface area contributed by atoms with E-state index in [2.05, 4.69) is 19.1 Å². The zero-order valence-corrected chi connectivity index (χ0v) is 25.5. The zero-order valence-electron chi connectivity index (χ0n) is 25.5. The van der Waals surface area contributed by atoms with Crippen LogP contribution in [0.15, 0.2) is 72.8 Å². The van der Waals surface area contributed by atoms with Crippen molar-refractivity contribution in [3.8, 4) is 28.4 Å². The highest BCUT2D eigenvalue weighted by Crippen LogP contribution is 2.25. The Morgan fingerprint density at radius 3 is 1.40 bits per heavy atom. The van der Waals surface area contributed by atoms with Gasteiger partial charge in [-0.25, -0.2) is 4.79 Å². The first-order valence-electron chi connectivity index (χ1n) is 16.1. The third kappa shape index (κ3) is 13.1. The van der Waals surface area contributed by atoms with Gasteiger partial charge in [-0.3, -0.25) is 0 Å². The second kappa shape index (κ2) is 20.5. The Bertz CT molecular complexity index is 1110. The molecule has 0 aliphatic rings. The molecule has 0 fully saturated rings. The average molecular weight is 575 g/mol. The normalized spacial score (nSPS) is 10.9. The average Bonchev–Trinajstić information content (AvgIpc) is 3.02. The van der Waals surface area contributed by atoms with Crippen molar-refractivity contribution >= 4 is 5.97 Å². The van der Waals surface area contributed by atoms with Gasteiger partial charge in [0.15, 0.2) is 0 Å². The van der Waals surface area contributed by atoms with Gasteiger partial charge in [-0.2, -0.15) is 0 Å². The van der Waals surface area contributed by atoms with E-state index >= 15 is 0 Å². The molecule has 5 nitrogen and oxygen atoms in total. The lowest BCUT2D eigenvalue weighted by molar-refractivity contribution is 0.0734. The topological polar surface area (TPSA) is 65.0 Å². The van der Waals surface area contributed by atoms with Crippen LogP contribution in [0.5, 0.6) is 17.2 Å². The standard InChI is InChI=1S/C37H50O5/c1-2-3-4-5-11-14-29-40-34-22-16-31(17-23-34)32-18-26-36(27-19-32)42-37(39)33-20-24-35(25-21-33)41-30-15-12-9-7-6-8-10-13-28-38/h16-27,38H,2-15,28-30H2,1H3. The van der Waals surface area contributed by atoms with Crippen molar-refractivity contribution in [1.82, 2.24) is 0 Å². The molecule has 0 radical (unpaired) electrons. The number of unbranched alkanes of at least 4 members (excludes halogenated alkanes) is 12. The molecule has 228 valence electrons. The number of esters is 1. The quantitative estimate of drug-likeness (QED) is 0.0735. The van der Waals surface area contributed by atoms with Gasteiger partial charge in [0.1, 0.15) is 17.2 Å². The van der Waals surface area contributed by atoms with Crippen LogP contribution in [-0.4, -0.2) is 30.9 Å². The monoisotopic (exact) mass is 574 g/mol. The summed E-state index contributed by atoms with van der Waals surface area (Å²) in [5.41, 5.74) is 2.63. The number of benzene rings is 3. The molecule has 0 atom stereocenters. The Kier molecular flexibility index (Phi) is 16.2. The van der Waals surface area contributed by atoms with E-state index in [0.29, 0.717) is 24.5 Å². The molecule has 0 spiro atoms. The van der Waals surface area contributed by atoms with Gasteiger partial charge < -0.3 is 19.3 Å². The minimum Gasteiger partial charge on any atom is -0.494 e. The lowest BCUT2D eigenvalue weighted by Gasteiger charge is -2.09. The molecule has 0 aromatic heterocycles. The minimum absolute atomic E-state index is 0.305. The molecule has 3 rings (SSSR count). The van der Waals surface area contributed by atoms with Crippen LogP contribution in [0.2, 0.25) is 0 Å². The Morgan fingerprint density at radius 2 is 0.929 bits per heavy atom. The summed E-state index contributed by atoms with van der Waals surface area (Å²) in [5, 5.41) is 8.81. The van der Waals surface area contributed by atoms with Crippen LogP contribution in [0.3, 0.4) is 0 Å². The van der Waals surface area contributed by atoms with Gasteiger partial charge in [-0.05, 0) is 78.9 Å². The van der Waals surface area contributed by atoms with Crippen molar-refractivity contribution in [2.45, 2.75) is 96.8 Å². The molecule has 3 aromatic carbocycles. The molecule has 0 aliphatic heterocycles. The summed E-state index contributed by atoms with van der Waals surface area (Å²) >= 11 is 0. The SMILES string of the molecule is CCCCCCCCOc1ccc(-c2ccc(OC(=O)c3ccc(OCCCCCCCCCCO)cc3)cc2)cc1. The van der Waals surface area contributed by atoms with Crippen molar-refractivity contribution in [3.63, 3.8) is 0 Å². The van der Waals surface area contributed by atoms with E-state index in [4.69, 9.17) is 19.3 Å². The van der Waals surface area contributed by atoms with E-state index in [1.54, 1.807) is 12.1 Å². The number of rotatable bonds is 22. The first-order valence-corrected chi connectivity index (χ1v) is 16.1. The summed E-state index contributed by atoms with van der Waals surface area (Å²) in [4.78, 5) is 12.6. The summed E-state index contributed by atoms with van der Waals surface area (Å²) in [6.07, 6.45) is 16.7. The van der Waals surface area contributed by atoms with Crippen molar-refractivity contribution < 1.29 is 24.1 Å². The smallest absolute Gasteiger partial charge is 0.343 e. The third-order valence-electron chi connectivity index (χ3n) is 7.43. The lowest BCUT2D eigenvalue weighted by atomic mass is 10.1. The van der Waals surface area contributed by atoms with Gasteiger partial charge in [-0.15, -0.1) is 0 Å². The van der Waals surface area contributed by atoms with Gasteiger partial charge >= 0.3 is 5.97 Å². The van der Waals surface area contributed by atoms with Crippen LogP contribution in [0.4, 0.5) is 0 Å². The van der Waals surface area contributed by atoms with Gasteiger partial charge in [0.2, 0.25) is 0 Å². The molecule has 42 heavy (non-hydrogen) atoms. The van der Waals surface area contributed by atoms with Gasteiger partial charge in [0, 0.05) is 6.61 Å². The molecule has 0 heterocycles. The van der Waals surface area contributed by atoms with Crippen molar-refractivity contribution in [2.24, 2.45) is 0 Å². The summed E-state index contributed by atoms with van der Waals surface area (Å²) in [7, 11) is 0. The Hall–Kier alpha value is -3.31. The number of aliphatic hydroxyl groups excluding tert-OH is 1. The summed E-state index contributed by atoms with van der Waals surface area (Å²) in [5.74, 6) is 1.78. The molecule has 0 aliphatic carbocycles. The number of hydrogen-bond acceptors (Lipinski definition) is 5. The van der Waals surface area contributed by atoms with Crippen LogP contribution < -0.4 is 14.2 Å². The number of carbonyl (C=O) groups excluding carboxylic acids is 1. The third-order valence-corrected chi connectivity index (χ3v) is 7.43. The molecular weight excluding hydrogens is 524 g/mol. The van der Waals surface area contributed by atoms with E-state index in [9.17, 15) is 4.79 Å². The number of aliphatic hydroxyl groups is 1. The number of ether oxygens (including phenoxy) is 3. The number of carbonyl (C=O) groups is 1. The van der Waals surface area contributed by atoms with E-state index in [-0.39, 0.29) is 5.97 Å². The highest BCUT2D eigenvalue weighted by atomic mass is 16.5. The highest BCUT2D eigenvalue weighted by molar-refractivity contribution is 5.91. The first-order chi connectivity index (χ1) is 20.7. The minimum atomic E-state index is -0.389. The first kappa shape index (κ1) is 33.2. The van der Waals surface area contributed by atoms with Gasteiger partial charge in [0.25, 0.3) is 0 Å². The van der Waals surface area contributed by atoms with Gasteiger partial charge in [0.05, 0.1) is 18.8 Å². The molecule has 3 aromatic rings. The zero-order chi connectivity index (χ0) is 29.7. The fourth-order valence-corrected chi connectivity index (χ4v) is 4.85. The summed E-state index contributed by atoms with van der Waals surface area (Å²) in [6.45, 7) is 3.98. The van der Waals surface area contributed by atoms with Crippen LogP contribution in [0.25, 0.3) is 11.1 Å². The highest BCUT2D eigenvalue weighted by Gasteiger charge is 2.09. The maximum Gasteiger partial charge on any atom is 0.343 e. The predicted molar refractivity (Wildman–Crippen MR) is 172 cm³/mol. The Labute approximate surface area is 253 Å². The van der Waals surface area contributed by atoms with Crippen LogP contribution in [-0.2, 0) is 0 Å². The Balaban J connectivity index is 1.33. The van der Waals surface area contributed by atoms with E-state index in [0.717, 1.165) is 61.3 Å². The fraction of sp³-hybridized carbons (Fsp3) is 0.486. The largest absolute Gasteiger partial charge is 0.494 e. The molecule has 0 saturated carbocycles. The maximum absolute atomic E-state index is 12.6. The molecular formula is C37H50O5. The van der Waals surface area contributed by atoms with E-state index < -0.39 is 0 Å². The molecule has 1 N–H and O–H groups in total. The predicted octanol–water partition coefficient (Wildman–Crippen LogP) is 9.80. The van der Waals surface area contributed by atoms with Crippen LogP contribution in [0.1, 0.15) is 107 Å². The van der Waals surface area contributed by atoms with Crippen molar-refractivity contribution in [3.05, 3.63) is 78.4 Å². The molecule has 0 unspecified atom stereocenters. The Morgan fingerprint density at radius 1 is 0.524 bits per heavy atom. The molecule has 5 heteroatoms. The van der Waals surface area contributed by atoms with E-state index in [1.165, 1.54) is 57.8 Å². The summed E-state index contributed by atoms with van der Waals surface area (Å²) in [6, 6.07) is 22.8. The number of hydrogen-bond donors (Lipinski definition) is 1. The van der Waals surface area contributed by atoms with Crippen molar-refractivity contribution in [1.29, 1.82) is 0 Å². The van der Waals surface area contributed by atoms with Crippen molar-refractivity contribution in [2.75, 3.05) is 19.8 Å². The maximum atomic E-state index is 12.6. The lowest BCUT2D eigenvalue weighted by Crippen LogP contribution is -2.08. The summed E-state index contributed by atoms with van der Waals surface area (Å²) < 4.78 is 17.3. The van der Waals surface area contributed by atoms with Gasteiger partial charge in [-0.1, -0.05) is 102 Å². The van der Waals surface area contributed by atoms with Crippen LogP contribution >= 0.6 is 0 Å². The van der Waals surface area contributed by atoms with Crippen LogP contribution in [0, 0.1) is 0 Å². The molecule has 0 amide bonds. The second-order valence-electron chi connectivity index (χ2n) is 11.0. The second-order valence-corrected chi connectivity index (χ2v) is 11.0. The molecule has 0 bridgehead atoms. The fourth-order valence-electron chi connectivity index (χ4n) is 4.85.